The molecule has 0 fully saturated rings. The van der Waals surface area contributed by atoms with Crippen LogP contribution in [0.3, 0.4) is 0 Å². The number of rotatable bonds is 9. The summed E-state index contributed by atoms with van der Waals surface area (Å²) >= 11 is 12.2. The molecular formula is C26H25Cl2N3O3. The molecule has 2 aromatic carbocycles. The van der Waals surface area contributed by atoms with E-state index in [1.54, 1.807) is 23.0 Å². The number of hydrogen-bond donors (Lipinski definition) is 1. The first kappa shape index (κ1) is 23.9. The van der Waals surface area contributed by atoms with Gasteiger partial charge in [-0.05, 0) is 59.9 Å². The van der Waals surface area contributed by atoms with Crippen molar-refractivity contribution in [1.29, 1.82) is 0 Å². The number of carbonyl (C=O) groups excluding carboxylic acids is 1. The average molecular weight is 498 g/mol. The Morgan fingerprint density at radius 2 is 1.82 bits per heavy atom. The molecule has 0 saturated heterocycles. The lowest BCUT2D eigenvalue weighted by Crippen LogP contribution is -2.12. The zero-order valence-electron chi connectivity index (χ0n) is 18.9. The van der Waals surface area contributed by atoms with Crippen molar-refractivity contribution in [2.24, 2.45) is 0 Å². The highest BCUT2D eigenvalue weighted by Crippen LogP contribution is 2.24. The van der Waals surface area contributed by atoms with Crippen molar-refractivity contribution >= 4 is 34.9 Å². The lowest BCUT2D eigenvalue weighted by Gasteiger charge is -2.10. The van der Waals surface area contributed by atoms with Crippen LogP contribution in [0.1, 0.15) is 53.6 Å². The third-order valence-corrected chi connectivity index (χ3v) is 6.06. The number of aromatic nitrogens is 2. The summed E-state index contributed by atoms with van der Waals surface area (Å²) in [5, 5.41) is 8.04. The summed E-state index contributed by atoms with van der Waals surface area (Å²) in [5.41, 5.74) is 2.28. The maximum Gasteiger partial charge on any atom is 0.292 e. The van der Waals surface area contributed by atoms with Gasteiger partial charge in [0.15, 0.2) is 11.6 Å². The Labute approximate surface area is 208 Å². The second kappa shape index (κ2) is 10.8. The molecule has 6 nitrogen and oxygen atoms in total. The first-order valence-corrected chi connectivity index (χ1v) is 11.8. The van der Waals surface area contributed by atoms with Crippen LogP contribution in [0.25, 0.3) is 0 Å². The number of anilines is 1. The van der Waals surface area contributed by atoms with E-state index in [1.807, 2.05) is 36.4 Å². The number of nitrogens with zero attached hydrogens (tertiary/aromatic N) is 2. The molecule has 1 unspecified atom stereocenters. The number of furan rings is 1. The van der Waals surface area contributed by atoms with E-state index in [2.05, 4.69) is 36.4 Å². The molecule has 1 amide bonds. The molecule has 34 heavy (non-hydrogen) atoms. The summed E-state index contributed by atoms with van der Waals surface area (Å²) < 4.78 is 13.1. The van der Waals surface area contributed by atoms with Gasteiger partial charge < -0.3 is 14.5 Å². The quantitative estimate of drug-likeness (QED) is 0.266. The topological polar surface area (TPSA) is 69.3 Å². The van der Waals surface area contributed by atoms with Crippen LogP contribution >= 0.6 is 23.2 Å². The van der Waals surface area contributed by atoms with Crippen LogP contribution in [0.15, 0.2) is 71.3 Å². The van der Waals surface area contributed by atoms with Gasteiger partial charge in [0.25, 0.3) is 5.91 Å². The minimum absolute atomic E-state index is 0.147. The number of carbonyl (C=O) groups is 1. The second-order valence-corrected chi connectivity index (χ2v) is 8.88. The van der Waals surface area contributed by atoms with Crippen LogP contribution < -0.4 is 10.1 Å². The van der Waals surface area contributed by atoms with Crippen molar-refractivity contribution in [3.05, 3.63) is 99.6 Å². The molecular weight excluding hydrogens is 473 g/mol. The summed E-state index contributed by atoms with van der Waals surface area (Å²) in [5.74, 6) is 1.76. The third-order valence-electron chi connectivity index (χ3n) is 5.53. The number of halogens is 2. The van der Waals surface area contributed by atoms with Crippen molar-refractivity contribution in [3.63, 3.8) is 0 Å². The number of amides is 1. The Morgan fingerprint density at radius 3 is 2.53 bits per heavy atom. The van der Waals surface area contributed by atoms with E-state index < -0.39 is 5.91 Å². The van der Waals surface area contributed by atoms with Gasteiger partial charge >= 0.3 is 0 Å². The number of ether oxygens (including phenoxy) is 1. The summed E-state index contributed by atoms with van der Waals surface area (Å²) in [7, 11) is 0. The van der Waals surface area contributed by atoms with Gasteiger partial charge in [-0.2, -0.15) is 5.10 Å². The van der Waals surface area contributed by atoms with Gasteiger partial charge in [-0.3, -0.25) is 9.48 Å². The Bertz CT molecular complexity index is 1250. The van der Waals surface area contributed by atoms with Gasteiger partial charge in [0, 0.05) is 11.2 Å². The zero-order chi connectivity index (χ0) is 24.1. The second-order valence-electron chi connectivity index (χ2n) is 8.04. The maximum absolute atomic E-state index is 12.6. The van der Waals surface area contributed by atoms with E-state index in [0.29, 0.717) is 28.3 Å². The van der Waals surface area contributed by atoms with Crippen molar-refractivity contribution in [1.82, 2.24) is 9.78 Å². The molecule has 4 aromatic rings. The van der Waals surface area contributed by atoms with Gasteiger partial charge in [0.05, 0.1) is 6.54 Å². The van der Waals surface area contributed by atoms with Crippen LogP contribution in [0, 0.1) is 0 Å². The van der Waals surface area contributed by atoms with E-state index in [4.69, 9.17) is 32.4 Å². The molecule has 176 valence electrons. The molecule has 1 N–H and O–H groups in total. The first-order valence-electron chi connectivity index (χ1n) is 11.0. The van der Waals surface area contributed by atoms with Crippen molar-refractivity contribution < 1.29 is 13.9 Å². The lowest BCUT2D eigenvalue weighted by molar-refractivity contribution is 0.0992. The van der Waals surface area contributed by atoms with Gasteiger partial charge in [0.1, 0.15) is 23.1 Å². The predicted molar refractivity (Wildman–Crippen MR) is 134 cm³/mol. The average Bonchev–Trinajstić information content (AvgIpc) is 3.45. The van der Waals surface area contributed by atoms with E-state index in [1.165, 1.54) is 5.56 Å². The van der Waals surface area contributed by atoms with Crippen LogP contribution in [-0.2, 0) is 13.2 Å². The molecule has 2 heterocycles. The van der Waals surface area contributed by atoms with E-state index in [0.717, 1.165) is 17.7 Å². The van der Waals surface area contributed by atoms with Gasteiger partial charge in [-0.25, -0.2) is 0 Å². The van der Waals surface area contributed by atoms with Crippen molar-refractivity contribution in [3.8, 4) is 5.75 Å². The summed E-state index contributed by atoms with van der Waals surface area (Å²) in [6.07, 6.45) is 2.74. The Kier molecular flexibility index (Phi) is 7.60. The minimum Gasteiger partial charge on any atom is -0.486 e. The predicted octanol–water partition coefficient (Wildman–Crippen LogP) is 7.18. The molecule has 0 radical (unpaired) electrons. The van der Waals surface area contributed by atoms with Crippen molar-refractivity contribution in [2.45, 2.75) is 39.3 Å². The van der Waals surface area contributed by atoms with Crippen LogP contribution in [0.2, 0.25) is 10.0 Å². The van der Waals surface area contributed by atoms with E-state index >= 15 is 0 Å². The molecule has 1 atom stereocenters. The molecule has 0 spiro atoms. The Balaban J connectivity index is 1.33. The highest BCUT2D eigenvalue weighted by molar-refractivity contribution is 6.33. The van der Waals surface area contributed by atoms with Gasteiger partial charge in [0.2, 0.25) is 0 Å². The third kappa shape index (κ3) is 6.01. The SMILES string of the molecule is CCC(C)c1ccc(OCc2ccc(C(=O)Nc3nn(Cc4ccc(Cl)cc4)cc3Cl)o2)cc1. The van der Waals surface area contributed by atoms with E-state index in [-0.39, 0.29) is 18.2 Å². The van der Waals surface area contributed by atoms with Gasteiger partial charge in [-0.15, -0.1) is 0 Å². The number of benzene rings is 2. The monoisotopic (exact) mass is 497 g/mol. The molecule has 4 rings (SSSR count). The van der Waals surface area contributed by atoms with Crippen LogP contribution in [-0.4, -0.2) is 15.7 Å². The Morgan fingerprint density at radius 1 is 1.09 bits per heavy atom. The standard InChI is InChI=1S/C26H25Cl2N3O3/c1-3-17(2)19-6-10-21(11-7-19)33-16-22-12-13-24(34-22)26(32)29-25-23(28)15-31(30-25)14-18-4-8-20(27)9-5-18/h4-13,15,17H,3,14,16H2,1-2H3,(H,29,30,32). The van der Waals surface area contributed by atoms with Crippen LogP contribution in [0.4, 0.5) is 5.82 Å². The molecule has 0 aliphatic rings. The highest BCUT2D eigenvalue weighted by atomic mass is 35.5. The van der Waals surface area contributed by atoms with Crippen LogP contribution in [0.5, 0.6) is 5.75 Å². The summed E-state index contributed by atoms with van der Waals surface area (Å²) in [4.78, 5) is 12.6. The normalized spacial score (nSPS) is 11.9. The highest BCUT2D eigenvalue weighted by Gasteiger charge is 2.16. The van der Waals surface area contributed by atoms with Gasteiger partial charge in [-0.1, -0.05) is 61.3 Å². The summed E-state index contributed by atoms with van der Waals surface area (Å²) in [6.45, 7) is 5.07. The summed E-state index contributed by atoms with van der Waals surface area (Å²) in [6, 6.07) is 18.8. The first-order chi connectivity index (χ1) is 16.4. The largest absolute Gasteiger partial charge is 0.486 e. The fourth-order valence-corrected chi connectivity index (χ4v) is 3.69. The fourth-order valence-electron chi connectivity index (χ4n) is 3.37. The maximum atomic E-state index is 12.6. The minimum atomic E-state index is -0.442. The molecule has 2 aromatic heterocycles. The number of nitrogens with one attached hydrogen (secondary N) is 1. The fraction of sp³-hybridized carbons (Fsp3) is 0.231. The van der Waals surface area contributed by atoms with E-state index in [9.17, 15) is 4.79 Å². The Hall–Kier alpha value is -3.22. The molecule has 0 aliphatic carbocycles. The lowest BCUT2D eigenvalue weighted by atomic mass is 9.99. The van der Waals surface area contributed by atoms with Crippen molar-refractivity contribution in [2.75, 3.05) is 5.32 Å². The smallest absolute Gasteiger partial charge is 0.292 e. The molecule has 0 bridgehead atoms. The number of hydrogen-bond acceptors (Lipinski definition) is 4. The molecule has 0 saturated carbocycles. The zero-order valence-corrected chi connectivity index (χ0v) is 20.4. The molecule has 0 aliphatic heterocycles. The molecule has 8 heteroatoms.